The number of hydrogen-bond acceptors (Lipinski definition) is 8. The number of carbonyl (C=O) groups excluding carboxylic acids is 2. The maximum atomic E-state index is 12.1. The van der Waals surface area contributed by atoms with Crippen molar-refractivity contribution in [2.75, 3.05) is 19.6 Å². The number of rotatable bonds is 5. The van der Waals surface area contributed by atoms with Crippen LogP contribution in [0.3, 0.4) is 0 Å². The molecule has 3 amide bonds. The Morgan fingerprint density at radius 2 is 2.04 bits per heavy atom. The first-order valence-electron chi connectivity index (χ1n) is 6.76. The van der Waals surface area contributed by atoms with Crippen molar-refractivity contribution in [1.29, 1.82) is 0 Å². The van der Waals surface area contributed by atoms with Gasteiger partial charge in [-0.25, -0.2) is 18.7 Å². The molecule has 0 aliphatic carbocycles. The van der Waals surface area contributed by atoms with Crippen LogP contribution in [0.4, 0.5) is 4.79 Å². The first-order chi connectivity index (χ1) is 10.3. The van der Waals surface area contributed by atoms with Crippen LogP contribution >= 0.6 is 0 Å². The summed E-state index contributed by atoms with van der Waals surface area (Å²) in [5.74, 6) is -0.481. The summed E-state index contributed by atoms with van der Waals surface area (Å²) >= 11 is 0. The molecule has 0 radical (unpaired) electrons. The second kappa shape index (κ2) is 7.19. The van der Waals surface area contributed by atoms with Crippen molar-refractivity contribution in [3.8, 4) is 0 Å². The second-order valence-electron chi connectivity index (χ2n) is 5.35. The van der Waals surface area contributed by atoms with E-state index in [1.165, 1.54) is 4.90 Å². The quantitative estimate of drug-likeness (QED) is 0.215. The minimum absolute atomic E-state index is 0. The Bertz CT molecular complexity index is 584. The second-order valence-corrected chi connectivity index (χ2v) is 6.32. The molecule has 3 aliphatic rings. The molecule has 0 aromatic heterocycles. The minimum atomic E-state index is -5.04. The first-order valence-corrected chi connectivity index (χ1v) is 8.10. The number of piperidine rings is 1. The Hall–Kier alpha value is -0.470. The van der Waals surface area contributed by atoms with E-state index in [1.54, 1.807) is 0 Å². The van der Waals surface area contributed by atoms with Crippen LogP contribution in [0.1, 0.15) is 12.8 Å². The molecule has 0 unspecified atom stereocenters. The van der Waals surface area contributed by atoms with Crippen molar-refractivity contribution >= 4 is 22.3 Å². The topological polar surface area (TPSA) is 140 Å². The summed E-state index contributed by atoms with van der Waals surface area (Å²) < 4.78 is 36.1. The normalized spacial score (nSPS) is 27.4. The van der Waals surface area contributed by atoms with Crippen molar-refractivity contribution in [2.24, 2.45) is 0 Å². The molecule has 0 aromatic carbocycles. The molecule has 11 nitrogen and oxygen atoms in total. The van der Waals surface area contributed by atoms with Crippen LogP contribution in [-0.4, -0.2) is 72.7 Å². The van der Waals surface area contributed by atoms with Crippen molar-refractivity contribution in [3.63, 3.8) is 0 Å². The molecule has 3 saturated heterocycles. The zero-order valence-electron chi connectivity index (χ0n) is 12.4. The Kier molecular flexibility index (Phi) is 5.90. The van der Waals surface area contributed by atoms with Crippen LogP contribution in [0, 0.1) is 0 Å². The number of nitrogens with one attached hydrogen (secondary N) is 2. The van der Waals surface area contributed by atoms with Crippen LogP contribution in [0.5, 0.6) is 0 Å². The molecular formula is C10H15N4NaO7S. The maximum Gasteiger partial charge on any atom is 1.00 e. The van der Waals surface area contributed by atoms with E-state index in [1.807, 2.05) is 0 Å². The summed E-state index contributed by atoms with van der Waals surface area (Å²) in [5, 5.41) is 3.51. The number of hydroxylamine groups is 3. The van der Waals surface area contributed by atoms with Gasteiger partial charge in [-0.15, -0.1) is 0 Å². The fraction of sp³-hybridized carbons (Fsp3) is 0.800. The summed E-state index contributed by atoms with van der Waals surface area (Å²) in [5.41, 5.74) is 2.31. The first kappa shape index (κ1) is 18.9. The molecule has 2 N–H and O–H groups in total. The van der Waals surface area contributed by atoms with E-state index < -0.39 is 34.4 Å². The molecule has 3 heterocycles. The van der Waals surface area contributed by atoms with Gasteiger partial charge in [0.25, 0.3) is 5.91 Å². The molecule has 0 aromatic rings. The molecule has 3 fully saturated rings. The van der Waals surface area contributed by atoms with Gasteiger partial charge >= 0.3 is 35.6 Å². The van der Waals surface area contributed by atoms with E-state index >= 15 is 0 Å². The maximum absolute atomic E-state index is 12.1. The molecule has 3 rings (SSSR count). The van der Waals surface area contributed by atoms with Crippen LogP contribution in [-0.2, 0) is 24.3 Å². The standard InChI is InChI=1S/C10H16N4O7S.Na/c15-9(12-20-7-3-11-4-7)8-2-1-6-5-13(8)10(16)14(6)21-22(17,18)19;/h6-8,11H,1-5H2,(H,12,15)(H,17,18,19);/q;+1/p-1/t6-,8+;/m1./s1. The van der Waals surface area contributed by atoms with Gasteiger partial charge in [0.05, 0.1) is 6.04 Å². The zero-order chi connectivity index (χ0) is 15.9. The molecule has 23 heavy (non-hydrogen) atoms. The van der Waals surface area contributed by atoms with E-state index in [4.69, 9.17) is 4.84 Å². The SMILES string of the molecule is O=C(NOC1CNC1)[C@@H]1CC[C@@H]2CN1C(=O)N2OS(=O)(=O)[O-].[Na+]. The van der Waals surface area contributed by atoms with Gasteiger partial charge in [0.1, 0.15) is 12.1 Å². The van der Waals surface area contributed by atoms with Gasteiger partial charge in [-0.05, 0) is 12.8 Å². The van der Waals surface area contributed by atoms with Crippen molar-refractivity contribution in [1.82, 2.24) is 20.8 Å². The average molecular weight is 358 g/mol. The summed E-state index contributed by atoms with van der Waals surface area (Å²) in [7, 11) is -5.04. The molecule has 0 spiro atoms. The molecule has 2 atom stereocenters. The summed E-state index contributed by atoms with van der Waals surface area (Å²) in [6.45, 7) is 1.40. The summed E-state index contributed by atoms with van der Waals surface area (Å²) in [4.78, 5) is 30.5. The number of nitrogens with zero attached hydrogens (tertiary/aromatic N) is 2. The monoisotopic (exact) mass is 358 g/mol. The van der Waals surface area contributed by atoms with Crippen molar-refractivity contribution in [3.05, 3.63) is 0 Å². The molecule has 124 valence electrons. The van der Waals surface area contributed by atoms with Gasteiger partial charge in [0.15, 0.2) is 0 Å². The fourth-order valence-corrected chi connectivity index (χ4v) is 3.04. The third-order valence-electron chi connectivity index (χ3n) is 3.87. The molecule has 13 heteroatoms. The van der Waals surface area contributed by atoms with Crippen molar-refractivity contribution < 1.29 is 61.2 Å². The molecule has 3 aliphatic heterocycles. The Morgan fingerprint density at radius 3 is 2.61 bits per heavy atom. The minimum Gasteiger partial charge on any atom is -0.724 e. The van der Waals surface area contributed by atoms with E-state index in [-0.39, 0.29) is 42.2 Å². The van der Waals surface area contributed by atoms with Crippen molar-refractivity contribution in [2.45, 2.75) is 31.0 Å². The predicted molar refractivity (Wildman–Crippen MR) is 67.4 cm³/mol. The van der Waals surface area contributed by atoms with Gasteiger partial charge < -0.3 is 14.8 Å². The Labute approximate surface area is 154 Å². The third kappa shape index (κ3) is 4.14. The van der Waals surface area contributed by atoms with E-state index in [9.17, 15) is 22.6 Å². The van der Waals surface area contributed by atoms with Gasteiger partial charge in [0, 0.05) is 19.6 Å². The average Bonchev–Trinajstić information content (AvgIpc) is 2.61. The van der Waals surface area contributed by atoms with Crippen LogP contribution < -0.4 is 40.4 Å². The van der Waals surface area contributed by atoms with E-state index in [0.717, 1.165) is 0 Å². The molecule has 2 bridgehead atoms. The van der Waals surface area contributed by atoms with E-state index in [0.29, 0.717) is 31.0 Å². The number of hydrogen-bond donors (Lipinski definition) is 2. The molecular weight excluding hydrogens is 343 g/mol. The van der Waals surface area contributed by atoms with Gasteiger partial charge in [0.2, 0.25) is 10.4 Å². The number of carbonyl (C=O) groups is 2. The number of urea groups is 1. The predicted octanol–water partition coefficient (Wildman–Crippen LogP) is -5.33. The van der Waals surface area contributed by atoms with Gasteiger partial charge in [-0.3, -0.25) is 9.63 Å². The van der Waals surface area contributed by atoms with E-state index in [2.05, 4.69) is 15.1 Å². The van der Waals surface area contributed by atoms with Gasteiger partial charge in [-0.1, -0.05) is 0 Å². The largest absolute Gasteiger partial charge is 1.00 e. The zero-order valence-corrected chi connectivity index (χ0v) is 15.2. The van der Waals surface area contributed by atoms with Crippen LogP contribution in [0.15, 0.2) is 0 Å². The van der Waals surface area contributed by atoms with Gasteiger partial charge in [-0.2, -0.15) is 9.35 Å². The number of fused-ring (bicyclic) bond motifs is 2. The smallest absolute Gasteiger partial charge is 0.724 e. The Balaban J connectivity index is 0.00000192. The molecule has 0 saturated carbocycles. The van der Waals surface area contributed by atoms with Crippen LogP contribution in [0.25, 0.3) is 0 Å². The third-order valence-corrected chi connectivity index (χ3v) is 4.21. The van der Waals surface area contributed by atoms with Crippen LogP contribution in [0.2, 0.25) is 0 Å². The summed E-state index contributed by atoms with van der Waals surface area (Å²) in [6, 6.07) is -2.15. The number of amides is 3. The Morgan fingerprint density at radius 1 is 1.35 bits per heavy atom. The fourth-order valence-electron chi connectivity index (χ4n) is 2.66. The summed E-state index contributed by atoms with van der Waals surface area (Å²) in [6.07, 6.45) is 0.577.